The number of fused-ring (bicyclic) bond motifs is 1. The lowest BCUT2D eigenvalue weighted by atomic mass is 9.83. The zero-order chi connectivity index (χ0) is 18.6. The number of ether oxygens (including phenoxy) is 1. The molecule has 2 saturated heterocycles. The van der Waals surface area contributed by atoms with Crippen molar-refractivity contribution in [3.05, 3.63) is 42.0 Å². The topological polar surface area (TPSA) is 49.9 Å². The van der Waals surface area contributed by atoms with Crippen molar-refractivity contribution in [1.82, 2.24) is 9.80 Å². The molecule has 1 aromatic carbocycles. The number of hydrogen-bond donors (Lipinski definition) is 0. The summed E-state index contributed by atoms with van der Waals surface area (Å²) in [6.07, 6.45) is 8.18. The van der Waals surface area contributed by atoms with E-state index in [1.807, 2.05) is 35.2 Å². The van der Waals surface area contributed by atoms with Crippen LogP contribution in [0, 0.1) is 5.92 Å². The minimum absolute atomic E-state index is 0.0410. The summed E-state index contributed by atoms with van der Waals surface area (Å²) in [4.78, 5) is 29.5. The highest BCUT2D eigenvalue weighted by Gasteiger charge is 2.39. The molecule has 2 atom stereocenters. The van der Waals surface area contributed by atoms with Gasteiger partial charge in [-0.25, -0.2) is 0 Å². The monoisotopic (exact) mass is 368 g/mol. The first-order valence-electron chi connectivity index (χ1n) is 10.2. The molecule has 0 saturated carbocycles. The van der Waals surface area contributed by atoms with Crippen LogP contribution < -0.4 is 4.74 Å². The summed E-state index contributed by atoms with van der Waals surface area (Å²) >= 11 is 0. The average molecular weight is 368 g/mol. The molecule has 1 aromatic rings. The standard InChI is InChI=1S/C22H28N2O3/c25-21(16-27-19-10-2-1-3-11-19)23-14-12-20-18(15-23)9-6-13-24(20)22(26)17-7-4-5-8-17/h1-3,7,10-11,18,20H,4-6,8-9,12-16H2/t18-,20+/m1/s1. The highest BCUT2D eigenvalue weighted by molar-refractivity contribution is 5.94. The van der Waals surface area contributed by atoms with E-state index in [1.165, 1.54) is 0 Å². The van der Waals surface area contributed by atoms with Gasteiger partial charge in [0.2, 0.25) is 5.91 Å². The lowest BCUT2D eigenvalue weighted by molar-refractivity contribution is -0.140. The van der Waals surface area contributed by atoms with E-state index in [4.69, 9.17) is 4.74 Å². The van der Waals surface area contributed by atoms with E-state index in [0.717, 1.165) is 62.9 Å². The predicted octanol–water partition coefficient (Wildman–Crippen LogP) is 3.02. The molecule has 2 aliphatic heterocycles. The van der Waals surface area contributed by atoms with Gasteiger partial charge >= 0.3 is 0 Å². The van der Waals surface area contributed by atoms with Gasteiger partial charge in [0.25, 0.3) is 5.91 Å². The van der Waals surface area contributed by atoms with Crippen molar-refractivity contribution in [1.29, 1.82) is 0 Å². The van der Waals surface area contributed by atoms with Gasteiger partial charge in [-0.3, -0.25) is 9.59 Å². The van der Waals surface area contributed by atoms with Crippen molar-refractivity contribution in [2.24, 2.45) is 5.92 Å². The third kappa shape index (κ3) is 4.02. The van der Waals surface area contributed by atoms with Crippen molar-refractivity contribution < 1.29 is 14.3 Å². The number of piperidine rings is 2. The molecule has 5 nitrogen and oxygen atoms in total. The van der Waals surface area contributed by atoms with Crippen LogP contribution in [0.1, 0.15) is 38.5 Å². The molecule has 5 heteroatoms. The number of allylic oxidation sites excluding steroid dienone is 1. The number of benzene rings is 1. The molecule has 2 fully saturated rings. The maximum atomic E-state index is 12.9. The fourth-order valence-corrected chi connectivity index (χ4v) is 4.68. The number of likely N-dealkylation sites (tertiary alicyclic amines) is 2. The molecule has 144 valence electrons. The molecule has 0 aromatic heterocycles. The Balaban J connectivity index is 1.34. The van der Waals surface area contributed by atoms with E-state index < -0.39 is 0 Å². The first-order valence-corrected chi connectivity index (χ1v) is 10.2. The molecule has 0 unspecified atom stereocenters. The smallest absolute Gasteiger partial charge is 0.260 e. The minimum Gasteiger partial charge on any atom is -0.484 e. The Bertz CT molecular complexity index is 716. The Morgan fingerprint density at radius 3 is 2.70 bits per heavy atom. The van der Waals surface area contributed by atoms with Crippen molar-refractivity contribution in [2.45, 2.75) is 44.6 Å². The Morgan fingerprint density at radius 2 is 1.93 bits per heavy atom. The van der Waals surface area contributed by atoms with Crippen LogP contribution in [0.5, 0.6) is 5.75 Å². The van der Waals surface area contributed by atoms with Crippen molar-refractivity contribution >= 4 is 11.8 Å². The Morgan fingerprint density at radius 1 is 1.07 bits per heavy atom. The van der Waals surface area contributed by atoms with Gasteiger partial charge in [0.1, 0.15) is 5.75 Å². The molecule has 0 N–H and O–H groups in total. The summed E-state index contributed by atoms with van der Waals surface area (Å²) in [5.41, 5.74) is 1.01. The molecular formula is C22H28N2O3. The number of nitrogens with zero attached hydrogens (tertiary/aromatic N) is 2. The lowest BCUT2D eigenvalue weighted by Gasteiger charge is -2.47. The largest absolute Gasteiger partial charge is 0.484 e. The van der Waals surface area contributed by atoms with E-state index in [2.05, 4.69) is 11.0 Å². The number of carbonyl (C=O) groups excluding carboxylic acids is 2. The molecule has 27 heavy (non-hydrogen) atoms. The number of amides is 2. The van der Waals surface area contributed by atoms with Gasteiger partial charge in [0.05, 0.1) is 0 Å². The first-order chi connectivity index (χ1) is 13.2. The molecular weight excluding hydrogens is 340 g/mol. The molecule has 0 bridgehead atoms. The van der Waals surface area contributed by atoms with Crippen LogP contribution in [-0.4, -0.2) is 53.9 Å². The van der Waals surface area contributed by atoms with Gasteiger partial charge in [0.15, 0.2) is 6.61 Å². The molecule has 3 aliphatic rings. The van der Waals surface area contributed by atoms with E-state index in [1.54, 1.807) is 0 Å². The van der Waals surface area contributed by atoms with E-state index in [-0.39, 0.29) is 24.5 Å². The summed E-state index contributed by atoms with van der Waals surface area (Å²) in [6, 6.07) is 9.74. The number of carbonyl (C=O) groups is 2. The molecule has 0 spiro atoms. The Kier molecular flexibility index (Phi) is 5.46. The Labute approximate surface area is 161 Å². The average Bonchev–Trinajstić information content (AvgIpc) is 3.26. The van der Waals surface area contributed by atoms with Crippen LogP contribution in [0.15, 0.2) is 42.0 Å². The van der Waals surface area contributed by atoms with E-state index in [0.29, 0.717) is 12.5 Å². The highest BCUT2D eigenvalue weighted by atomic mass is 16.5. The summed E-state index contributed by atoms with van der Waals surface area (Å²) in [5, 5.41) is 0. The number of rotatable bonds is 4. The number of para-hydroxylation sites is 1. The van der Waals surface area contributed by atoms with E-state index >= 15 is 0 Å². The summed E-state index contributed by atoms with van der Waals surface area (Å²) in [7, 11) is 0. The fourth-order valence-electron chi connectivity index (χ4n) is 4.68. The second kappa shape index (κ2) is 8.15. The van der Waals surface area contributed by atoms with Crippen molar-refractivity contribution in [2.75, 3.05) is 26.2 Å². The van der Waals surface area contributed by atoms with Gasteiger partial charge < -0.3 is 14.5 Å². The molecule has 1 aliphatic carbocycles. The molecule has 0 radical (unpaired) electrons. The summed E-state index contributed by atoms with van der Waals surface area (Å²) in [6.45, 7) is 2.39. The quantitative estimate of drug-likeness (QED) is 0.821. The highest BCUT2D eigenvalue weighted by Crippen LogP contribution is 2.33. The Hall–Kier alpha value is -2.30. The molecule has 4 rings (SSSR count). The van der Waals surface area contributed by atoms with Gasteiger partial charge in [-0.15, -0.1) is 0 Å². The molecule has 2 amide bonds. The fraction of sp³-hybridized carbons (Fsp3) is 0.545. The lowest BCUT2D eigenvalue weighted by Crippen LogP contribution is -2.57. The third-order valence-corrected chi connectivity index (χ3v) is 6.10. The van der Waals surface area contributed by atoms with Gasteiger partial charge in [0, 0.05) is 31.2 Å². The van der Waals surface area contributed by atoms with Crippen LogP contribution in [0.4, 0.5) is 0 Å². The van der Waals surface area contributed by atoms with E-state index in [9.17, 15) is 9.59 Å². The zero-order valence-electron chi connectivity index (χ0n) is 15.8. The number of hydrogen-bond acceptors (Lipinski definition) is 3. The van der Waals surface area contributed by atoms with Crippen LogP contribution in [0.25, 0.3) is 0 Å². The predicted molar refractivity (Wildman–Crippen MR) is 103 cm³/mol. The minimum atomic E-state index is 0.0410. The SMILES string of the molecule is O=C(COc1ccccc1)N1CC[C@H]2[C@H](CCCN2C(=O)C2=CCCC2)C1. The van der Waals surface area contributed by atoms with Gasteiger partial charge in [-0.2, -0.15) is 0 Å². The van der Waals surface area contributed by atoms with Crippen LogP contribution >= 0.6 is 0 Å². The van der Waals surface area contributed by atoms with Crippen molar-refractivity contribution in [3.8, 4) is 5.75 Å². The maximum absolute atomic E-state index is 12.9. The van der Waals surface area contributed by atoms with Crippen LogP contribution in [0.2, 0.25) is 0 Å². The van der Waals surface area contributed by atoms with Gasteiger partial charge in [-0.1, -0.05) is 24.3 Å². The summed E-state index contributed by atoms with van der Waals surface area (Å²) < 4.78 is 5.62. The third-order valence-electron chi connectivity index (χ3n) is 6.10. The first kappa shape index (κ1) is 18.1. The van der Waals surface area contributed by atoms with Gasteiger partial charge in [-0.05, 0) is 56.6 Å². The molecule has 2 heterocycles. The van der Waals surface area contributed by atoms with Crippen molar-refractivity contribution in [3.63, 3.8) is 0 Å². The zero-order valence-corrected chi connectivity index (χ0v) is 15.8. The maximum Gasteiger partial charge on any atom is 0.260 e. The normalized spacial score (nSPS) is 25.0. The second-order valence-corrected chi connectivity index (χ2v) is 7.82. The van der Waals surface area contributed by atoms with Crippen LogP contribution in [-0.2, 0) is 9.59 Å². The second-order valence-electron chi connectivity index (χ2n) is 7.82. The summed E-state index contributed by atoms with van der Waals surface area (Å²) in [5.74, 6) is 1.40. The van der Waals surface area contributed by atoms with Crippen LogP contribution in [0.3, 0.4) is 0 Å².